The lowest BCUT2D eigenvalue weighted by Gasteiger charge is -2.17. The Morgan fingerprint density at radius 3 is 2.86 bits per heavy atom. The molecule has 0 bridgehead atoms. The van der Waals surface area contributed by atoms with Gasteiger partial charge in [0.1, 0.15) is 0 Å². The van der Waals surface area contributed by atoms with Crippen molar-refractivity contribution in [3.8, 4) is 12.3 Å². The Balaban J connectivity index is 2.12. The van der Waals surface area contributed by atoms with Crippen LogP contribution in [0, 0.1) is 18.3 Å². The van der Waals surface area contributed by atoms with Crippen molar-refractivity contribution in [3.05, 3.63) is 35.9 Å². The van der Waals surface area contributed by atoms with Gasteiger partial charge in [0, 0.05) is 17.2 Å². The number of hydrogen-bond donors (Lipinski definition) is 1. The molecule has 1 N–H and O–H groups in total. The molecular weight excluding hydrogens is 280 g/mol. The zero-order chi connectivity index (χ0) is 15.2. The van der Waals surface area contributed by atoms with E-state index in [-0.39, 0.29) is 11.8 Å². The van der Waals surface area contributed by atoms with E-state index in [0.29, 0.717) is 12.2 Å². The maximum absolute atomic E-state index is 11.2. The van der Waals surface area contributed by atoms with Crippen molar-refractivity contribution in [3.63, 3.8) is 0 Å². The molecular formula is C17H18N2OS. The summed E-state index contributed by atoms with van der Waals surface area (Å²) in [4.78, 5) is 12.4. The number of nitrogens with one attached hydrogen (secondary N) is 1. The van der Waals surface area contributed by atoms with Crippen LogP contribution in [0.3, 0.4) is 0 Å². The van der Waals surface area contributed by atoms with E-state index >= 15 is 0 Å². The first-order valence-electron chi connectivity index (χ1n) is 6.81. The summed E-state index contributed by atoms with van der Waals surface area (Å²) in [5.41, 5.74) is 5.72. The lowest BCUT2D eigenvalue weighted by molar-refractivity contribution is -0.121. The van der Waals surface area contributed by atoms with Gasteiger partial charge in [0.05, 0.1) is 11.5 Å². The van der Waals surface area contributed by atoms with Crippen LogP contribution in [0.5, 0.6) is 0 Å². The van der Waals surface area contributed by atoms with E-state index in [4.69, 9.17) is 6.42 Å². The Labute approximate surface area is 129 Å². The predicted octanol–water partition coefficient (Wildman–Crippen LogP) is 3.33. The summed E-state index contributed by atoms with van der Waals surface area (Å²) in [6.07, 6.45) is 7.78. The minimum atomic E-state index is -0.0211. The third-order valence-corrected chi connectivity index (χ3v) is 4.22. The number of amides is 1. The molecule has 21 heavy (non-hydrogen) atoms. The molecule has 1 heterocycles. The van der Waals surface area contributed by atoms with Crippen LogP contribution in [0.25, 0.3) is 5.57 Å². The number of hydrazone groups is 1. The fraction of sp³-hybridized carbons (Fsp3) is 0.294. The number of carbonyl (C=O) groups is 1. The minimum Gasteiger partial charge on any atom is -0.273 e. The Kier molecular flexibility index (Phi) is 5.24. The second-order valence-electron chi connectivity index (χ2n) is 5.02. The maximum Gasteiger partial charge on any atom is 0.240 e. The number of hydrogen-bond acceptors (Lipinski definition) is 3. The van der Waals surface area contributed by atoms with E-state index in [1.165, 1.54) is 4.90 Å². The molecule has 0 spiro atoms. The van der Waals surface area contributed by atoms with Gasteiger partial charge in [-0.25, -0.2) is 5.43 Å². The Bertz CT molecular complexity index is 623. The molecule has 1 amide bonds. The highest BCUT2D eigenvalue weighted by molar-refractivity contribution is 7.99. The predicted molar refractivity (Wildman–Crippen MR) is 89.0 cm³/mol. The number of nitrogens with zero attached hydrogens (tertiary/aromatic N) is 1. The molecule has 1 atom stereocenters. The van der Waals surface area contributed by atoms with Gasteiger partial charge in [0.25, 0.3) is 0 Å². The normalized spacial score (nSPS) is 18.7. The van der Waals surface area contributed by atoms with Gasteiger partial charge in [-0.1, -0.05) is 25.0 Å². The summed E-state index contributed by atoms with van der Waals surface area (Å²) < 4.78 is 0. The highest BCUT2D eigenvalue weighted by Gasteiger charge is 2.18. The quantitative estimate of drug-likeness (QED) is 0.684. The number of rotatable bonds is 4. The van der Waals surface area contributed by atoms with Crippen LogP contribution >= 0.6 is 11.8 Å². The Hall–Kier alpha value is -1.99. The summed E-state index contributed by atoms with van der Waals surface area (Å²) in [6, 6.07) is 8.31. The van der Waals surface area contributed by atoms with Crippen LogP contribution in [-0.4, -0.2) is 17.4 Å². The second-order valence-corrected chi connectivity index (χ2v) is 6.07. The topological polar surface area (TPSA) is 41.5 Å². The summed E-state index contributed by atoms with van der Waals surface area (Å²) in [6.45, 7) is 4.07. The van der Waals surface area contributed by atoms with Crippen LogP contribution in [0.1, 0.15) is 25.8 Å². The standard InChI is InChI=1S/C17H18N2OS/c1-4-9-21-15-7-5-14(6-8-15)12(2)10-16-13(3)11-17(20)19-18-16/h1,5-8,10,13H,9,11H2,2-3H3,(H,19,20). The van der Waals surface area contributed by atoms with Gasteiger partial charge in [-0.2, -0.15) is 5.10 Å². The third kappa shape index (κ3) is 4.24. The van der Waals surface area contributed by atoms with E-state index in [9.17, 15) is 4.79 Å². The van der Waals surface area contributed by atoms with Crippen LogP contribution in [0.2, 0.25) is 0 Å². The highest BCUT2D eigenvalue weighted by Crippen LogP contribution is 2.22. The summed E-state index contributed by atoms with van der Waals surface area (Å²) >= 11 is 1.65. The van der Waals surface area contributed by atoms with Gasteiger partial charge < -0.3 is 0 Å². The van der Waals surface area contributed by atoms with Crippen molar-refractivity contribution in [2.45, 2.75) is 25.2 Å². The van der Waals surface area contributed by atoms with Crippen molar-refractivity contribution in [2.24, 2.45) is 11.0 Å². The zero-order valence-corrected chi connectivity index (χ0v) is 13.0. The van der Waals surface area contributed by atoms with E-state index in [1.807, 2.05) is 13.0 Å². The first-order chi connectivity index (χ1) is 10.1. The fourth-order valence-corrected chi connectivity index (χ4v) is 2.66. The maximum atomic E-state index is 11.2. The van der Waals surface area contributed by atoms with E-state index in [2.05, 4.69) is 47.6 Å². The lowest BCUT2D eigenvalue weighted by Crippen LogP contribution is -2.30. The van der Waals surface area contributed by atoms with E-state index in [0.717, 1.165) is 16.8 Å². The summed E-state index contributed by atoms with van der Waals surface area (Å²) in [5.74, 6) is 3.43. The summed E-state index contributed by atoms with van der Waals surface area (Å²) in [7, 11) is 0. The van der Waals surface area contributed by atoms with Crippen molar-refractivity contribution in [1.82, 2.24) is 5.43 Å². The number of carbonyl (C=O) groups excluding carboxylic acids is 1. The molecule has 3 nitrogen and oxygen atoms in total. The molecule has 0 aliphatic carbocycles. The van der Waals surface area contributed by atoms with Gasteiger partial charge in [0.15, 0.2) is 0 Å². The van der Waals surface area contributed by atoms with Gasteiger partial charge in [0.2, 0.25) is 5.91 Å². The van der Waals surface area contributed by atoms with Gasteiger partial charge in [-0.3, -0.25) is 4.79 Å². The number of terminal acetylenes is 1. The molecule has 0 saturated heterocycles. The number of benzene rings is 1. The molecule has 1 aliphatic heterocycles. The molecule has 1 aromatic rings. The molecule has 4 heteroatoms. The van der Waals surface area contributed by atoms with Crippen LogP contribution in [-0.2, 0) is 4.79 Å². The first-order valence-corrected chi connectivity index (χ1v) is 7.80. The molecule has 0 aromatic heterocycles. The zero-order valence-electron chi connectivity index (χ0n) is 12.2. The summed E-state index contributed by atoms with van der Waals surface area (Å²) in [5, 5.41) is 4.13. The van der Waals surface area contributed by atoms with Crippen LogP contribution in [0.15, 0.2) is 40.3 Å². The second kappa shape index (κ2) is 7.14. The van der Waals surface area contributed by atoms with Crippen molar-refractivity contribution >= 4 is 29.0 Å². The molecule has 1 aliphatic rings. The Morgan fingerprint density at radius 1 is 1.52 bits per heavy atom. The third-order valence-electron chi connectivity index (χ3n) is 3.30. The smallest absolute Gasteiger partial charge is 0.240 e. The monoisotopic (exact) mass is 298 g/mol. The molecule has 0 radical (unpaired) electrons. The fourth-order valence-electron chi connectivity index (χ4n) is 2.08. The largest absolute Gasteiger partial charge is 0.273 e. The first kappa shape index (κ1) is 15.4. The number of allylic oxidation sites excluding steroid dienone is 2. The molecule has 2 rings (SSSR count). The van der Waals surface area contributed by atoms with Gasteiger partial charge in [-0.15, -0.1) is 18.2 Å². The highest BCUT2D eigenvalue weighted by atomic mass is 32.2. The molecule has 0 saturated carbocycles. The van der Waals surface area contributed by atoms with Crippen molar-refractivity contribution < 1.29 is 4.79 Å². The Morgan fingerprint density at radius 2 is 2.24 bits per heavy atom. The van der Waals surface area contributed by atoms with E-state index in [1.54, 1.807) is 11.8 Å². The SMILES string of the molecule is C#CCSc1ccc(C(C)=CC2=NNC(=O)CC2C)cc1. The van der Waals surface area contributed by atoms with Crippen molar-refractivity contribution in [1.29, 1.82) is 0 Å². The van der Waals surface area contributed by atoms with Crippen LogP contribution in [0.4, 0.5) is 0 Å². The number of thioether (sulfide) groups is 1. The molecule has 108 valence electrons. The minimum absolute atomic E-state index is 0.0211. The average Bonchev–Trinajstić information content (AvgIpc) is 2.48. The van der Waals surface area contributed by atoms with Crippen molar-refractivity contribution in [2.75, 3.05) is 5.75 Å². The van der Waals surface area contributed by atoms with Crippen LogP contribution < -0.4 is 5.43 Å². The van der Waals surface area contributed by atoms with E-state index < -0.39 is 0 Å². The van der Waals surface area contributed by atoms with Gasteiger partial charge in [-0.05, 0) is 36.3 Å². The molecule has 1 aromatic carbocycles. The average molecular weight is 298 g/mol. The van der Waals surface area contributed by atoms with Gasteiger partial charge >= 0.3 is 0 Å². The lowest BCUT2D eigenvalue weighted by atomic mass is 9.96. The molecule has 0 fully saturated rings. The molecule has 1 unspecified atom stereocenters.